The number of aliphatic imine (C=N–C) groups is 1. The number of benzene rings is 1. The molecule has 4 rings (SSSR count). The molecule has 5 nitrogen and oxygen atoms in total. The summed E-state index contributed by atoms with van der Waals surface area (Å²) < 4.78 is 39.8. The molecule has 36 heavy (non-hydrogen) atoms. The highest BCUT2D eigenvalue weighted by molar-refractivity contribution is 5.80. The van der Waals surface area contributed by atoms with Gasteiger partial charge in [0.1, 0.15) is 5.70 Å². The molecule has 0 unspecified atom stereocenters. The van der Waals surface area contributed by atoms with Crippen LogP contribution < -0.4 is 5.32 Å². The number of amides is 2. The number of halogens is 3. The molecule has 1 aromatic carbocycles. The van der Waals surface area contributed by atoms with Gasteiger partial charge in [-0.25, -0.2) is 4.79 Å². The number of hydrogen-bond acceptors (Lipinski definition) is 3. The zero-order chi connectivity index (χ0) is 26.1. The predicted octanol–water partition coefficient (Wildman–Crippen LogP) is 6.39. The molecule has 1 N–H and O–H groups in total. The molecule has 1 heterocycles. The molecule has 0 atom stereocenters. The Kier molecular flexibility index (Phi) is 7.37. The number of nitrogens with zero attached hydrogens (tertiary/aromatic N) is 3. The first-order chi connectivity index (χ1) is 17.0. The van der Waals surface area contributed by atoms with Gasteiger partial charge in [0.2, 0.25) is 0 Å². The third-order valence-corrected chi connectivity index (χ3v) is 8.78. The van der Waals surface area contributed by atoms with Crippen LogP contribution in [0.25, 0.3) is 0 Å². The summed E-state index contributed by atoms with van der Waals surface area (Å²) in [7, 11) is 2.00. The van der Waals surface area contributed by atoms with Crippen molar-refractivity contribution in [2.45, 2.75) is 76.0 Å². The van der Waals surface area contributed by atoms with Crippen molar-refractivity contribution >= 4 is 12.7 Å². The second kappa shape index (κ2) is 10.0. The maximum absolute atomic E-state index is 13.8. The van der Waals surface area contributed by atoms with Crippen molar-refractivity contribution < 1.29 is 18.0 Å². The third-order valence-electron chi connectivity index (χ3n) is 8.78. The minimum atomic E-state index is -4.59. The van der Waals surface area contributed by atoms with Crippen molar-refractivity contribution in [1.29, 1.82) is 0 Å². The van der Waals surface area contributed by atoms with E-state index >= 15 is 0 Å². The summed E-state index contributed by atoms with van der Waals surface area (Å²) >= 11 is 0. The molecule has 3 fully saturated rings. The van der Waals surface area contributed by atoms with Gasteiger partial charge in [0.25, 0.3) is 0 Å². The summed E-state index contributed by atoms with van der Waals surface area (Å²) in [5.74, 6) is 0.503. The molecule has 3 aliphatic rings. The Hall–Kier alpha value is -2.61. The maximum Gasteiger partial charge on any atom is 0.433 e. The van der Waals surface area contributed by atoms with Crippen molar-refractivity contribution in [3.8, 4) is 0 Å². The Morgan fingerprint density at radius 3 is 2.31 bits per heavy atom. The van der Waals surface area contributed by atoms with Crippen LogP contribution in [0.4, 0.5) is 18.0 Å². The van der Waals surface area contributed by atoms with E-state index in [1.54, 1.807) is 18.7 Å². The van der Waals surface area contributed by atoms with E-state index in [-0.39, 0.29) is 17.1 Å². The molecule has 1 aliphatic heterocycles. The number of carbonyl (C=O) groups excluding carboxylic acids is 1. The first-order valence-electron chi connectivity index (χ1n) is 12.8. The average Bonchev–Trinajstić information content (AvgIpc) is 3.10. The molecule has 8 heteroatoms. The van der Waals surface area contributed by atoms with Crippen molar-refractivity contribution in [2.24, 2.45) is 10.9 Å². The molecule has 1 aromatic rings. The van der Waals surface area contributed by atoms with Crippen LogP contribution in [0.3, 0.4) is 0 Å². The van der Waals surface area contributed by atoms with Gasteiger partial charge in [0.15, 0.2) is 0 Å². The number of alkyl halides is 3. The Labute approximate surface area is 212 Å². The van der Waals surface area contributed by atoms with Gasteiger partial charge in [0, 0.05) is 17.8 Å². The highest BCUT2D eigenvalue weighted by Gasteiger charge is 2.54. The molecular formula is C28H37F3N4O. The van der Waals surface area contributed by atoms with E-state index in [2.05, 4.69) is 46.2 Å². The van der Waals surface area contributed by atoms with E-state index in [0.717, 1.165) is 51.1 Å². The van der Waals surface area contributed by atoms with Gasteiger partial charge in [-0.1, -0.05) is 36.8 Å². The Morgan fingerprint density at radius 1 is 1.17 bits per heavy atom. The molecule has 2 aliphatic carbocycles. The molecule has 1 saturated heterocycles. The number of nitrogens with one attached hydrogen (secondary N) is 1. The third kappa shape index (κ3) is 4.84. The first kappa shape index (κ1) is 26.5. The number of hydrogen-bond donors (Lipinski definition) is 1. The van der Waals surface area contributed by atoms with Gasteiger partial charge >= 0.3 is 12.2 Å². The molecule has 196 valence electrons. The minimum Gasteiger partial charge on any atom is -0.317 e. The van der Waals surface area contributed by atoms with Gasteiger partial charge in [-0.3, -0.25) is 9.89 Å². The largest absolute Gasteiger partial charge is 0.433 e. The highest BCUT2D eigenvalue weighted by Crippen LogP contribution is 2.48. The molecule has 0 aromatic heterocycles. The standard InChI is InChI=1S/C28H37F3N4O/c1-20(17-24(32-3)28(29,30)31)21(2)34-19-26(35(25(34)36)18-22-9-8-10-22)13-15-27(33-4,16-14-26)23-11-6-5-7-12-23/h5-7,11-12,17,22,33H,3,8-10,13-16,18-19H2,1-2,4H3/b21-20+,24-17-. The van der Waals surface area contributed by atoms with Gasteiger partial charge in [-0.05, 0) is 89.3 Å². The maximum atomic E-state index is 13.8. The molecule has 0 radical (unpaired) electrons. The van der Waals surface area contributed by atoms with E-state index < -0.39 is 11.9 Å². The summed E-state index contributed by atoms with van der Waals surface area (Å²) in [6.45, 7) is 7.61. The number of carbonyl (C=O) groups is 1. The summed E-state index contributed by atoms with van der Waals surface area (Å²) in [6.07, 6.45) is 3.28. The predicted molar refractivity (Wildman–Crippen MR) is 137 cm³/mol. The van der Waals surface area contributed by atoms with E-state index in [4.69, 9.17) is 0 Å². The van der Waals surface area contributed by atoms with E-state index in [9.17, 15) is 18.0 Å². The minimum absolute atomic E-state index is 0.0936. The van der Waals surface area contributed by atoms with E-state index in [1.807, 2.05) is 13.1 Å². The quantitative estimate of drug-likeness (QED) is 0.347. The molecule has 0 bridgehead atoms. The van der Waals surface area contributed by atoms with Gasteiger partial charge < -0.3 is 10.2 Å². The molecule has 2 saturated carbocycles. The lowest BCUT2D eigenvalue weighted by Gasteiger charge is -2.49. The van der Waals surface area contributed by atoms with Crippen molar-refractivity contribution in [2.75, 3.05) is 20.1 Å². The van der Waals surface area contributed by atoms with Gasteiger partial charge in [0.05, 0.1) is 12.1 Å². The number of rotatable bonds is 7. The zero-order valence-corrected chi connectivity index (χ0v) is 21.5. The van der Waals surface area contributed by atoms with E-state index in [1.165, 1.54) is 12.0 Å². The smallest absolute Gasteiger partial charge is 0.317 e. The second-order valence-corrected chi connectivity index (χ2v) is 10.7. The highest BCUT2D eigenvalue weighted by atomic mass is 19.4. The Morgan fingerprint density at radius 2 is 1.81 bits per heavy atom. The van der Waals surface area contributed by atoms with E-state index in [0.29, 0.717) is 23.7 Å². The lowest BCUT2D eigenvalue weighted by molar-refractivity contribution is -0.0922. The average molecular weight is 503 g/mol. The van der Waals surface area contributed by atoms with Crippen LogP contribution in [0.5, 0.6) is 0 Å². The van der Waals surface area contributed by atoms with Crippen LogP contribution in [0.2, 0.25) is 0 Å². The van der Waals surface area contributed by atoms with Crippen molar-refractivity contribution in [1.82, 2.24) is 15.1 Å². The van der Waals surface area contributed by atoms with Crippen LogP contribution >= 0.6 is 0 Å². The van der Waals surface area contributed by atoms with Gasteiger partial charge in [-0.2, -0.15) is 13.2 Å². The lowest BCUT2D eigenvalue weighted by atomic mass is 9.68. The fourth-order valence-electron chi connectivity index (χ4n) is 6.01. The second-order valence-electron chi connectivity index (χ2n) is 10.7. The van der Waals surface area contributed by atoms with Crippen LogP contribution in [-0.2, 0) is 5.54 Å². The fourth-order valence-corrected chi connectivity index (χ4v) is 6.01. The Balaban J connectivity index is 1.64. The zero-order valence-electron chi connectivity index (χ0n) is 21.5. The summed E-state index contributed by atoms with van der Waals surface area (Å²) in [5.41, 5.74) is 0.638. The Bertz CT molecular complexity index is 1030. The van der Waals surface area contributed by atoms with Crippen LogP contribution in [0.1, 0.15) is 64.4 Å². The normalized spacial score (nSPS) is 28.4. The SMILES string of the molecule is C=N/C(=C\C(C)=C(/C)N1CC2(CCC(NC)(c3ccccc3)CC2)N(CC2CCC2)C1=O)C(F)(F)F. The number of urea groups is 1. The lowest BCUT2D eigenvalue weighted by Crippen LogP contribution is -2.56. The molecule has 1 spiro atoms. The summed E-state index contributed by atoms with van der Waals surface area (Å²) in [5, 5.41) is 3.57. The van der Waals surface area contributed by atoms with Crippen LogP contribution in [-0.4, -0.2) is 54.4 Å². The number of allylic oxidation sites excluding steroid dienone is 4. The van der Waals surface area contributed by atoms with Crippen LogP contribution in [0, 0.1) is 5.92 Å². The van der Waals surface area contributed by atoms with Crippen molar-refractivity contribution in [3.63, 3.8) is 0 Å². The van der Waals surface area contributed by atoms with Gasteiger partial charge in [-0.15, -0.1) is 0 Å². The first-order valence-corrected chi connectivity index (χ1v) is 12.8. The summed E-state index contributed by atoms with van der Waals surface area (Å²) in [6, 6.07) is 10.3. The van der Waals surface area contributed by atoms with Crippen molar-refractivity contribution in [3.05, 3.63) is 58.9 Å². The fraction of sp³-hybridized carbons (Fsp3) is 0.571. The monoisotopic (exact) mass is 502 g/mol. The topological polar surface area (TPSA) is 47.9 Å². The summed E-state index contributed by atoms with van der Waals surface area (Å²) in [4.78, 5) is 20.7. The molecule has 2 amide bonds. The molecular weight excluding hydrogens is 465 g/mol. The van der Waals surface area contributed by atoms with Crippen LogP contribution in [0.15, 0.2) is 58.4 Å².